The highest BCUT2D eigenvalue weighted by atomic mass is 79.9. The number of aromatic hydroxyl groups is 1. The Morgan fingerprint density at radius 3 is 2.55 bits per heavy atom. The van der Waals surface area contributed by atoms with E-state index in [9.17, 15) is 5.11 Å². The average molecular weight is 466 g/mol. The Morgan fingerprint density at radius 1 is 1.10 bits per heavy atom. The predicted octanol–water partition coefficient (Wildman–Crippen LogP) is 5.30. The normalized spacial score (nSPS) is 10.4. The van der Waals surface area contributed by atoms with Crippen LogP contribution < -0.4 is 10.1 Å². The van der Waals surface area contributed by atoms with E-state index >= 15 is 0 Å². The van der Waals surface area contributed by atoms with Crippen molar-refractivity contribution in [2.24, 2.45) is 0 Å². The molecule has 0 heterocycles. The van der Waals surface area contributed by atoms with Crippen molar-refractivity contribution in [2.45, 2.75) is 6.54 Å². The first-order valence-electron chi connectivity index (χ1n) is 5.75. The summed E-state index contributed by atoms with van der Waals surface area (Å²) in [7, 11) is 1.53. The number of benzene rings is 2. The van der Waals surface area contributed by atoms with Gasteiger partial charge in [-0.2, -0.15) is 0 Å². The van der Waals surface area contributed by atoms with Gasteiger partial charge < -0.3 is 15.2 Å². The second-order valence-electron chi connectivity index (χ2n) is 4.11. The number of phenols is 1. The Hall–Kier alpha value is -0.720. The Kier molecular flexibility index (Phi) is 5.35. The largest absolute Gasteiger partial charge is 0.503 e. The van der Waals surface area contributed by atoms with Gasteiger partial charge in [0, 0.05) is 21.2 Å². The number of anilines is 1. The van der Waals surface area contributed by atoms with Crippen molar-refractivity contribution in [3.05, 3.63) is 49.3 Å². The number of methoxy groups -OCH3 is 1. The second-order valence-corrected chi connectivity index (χ2v) is 6.73. The van der Waals surface area contributed by atoms with Gasteiger partial charge in [-0.15, -0.1) is 0 Å². The Morgan fingerprint density at radius 2 is 1.85 bits per heavy atom. The van der Waals surface area contributed by atoms with Gasteiger partial charge >= 0.3 is 0 Å². The summed E-state index contributed by atoms with van der Waals surface area (Å²) in [6, 6.07) is 9.60. The zero-order valence-corrected chi connectivity index (χ0v) is 15.3. The van der Waals surface area contributed by atoms with Crippen LogP contribution in [0.3, 0.4) is 0 Å². The van der Waals surface area contributed by atoms with Gasteiger partial charge in [0.2, 0.25) is 0 Å². The van der Waals surface area contributed by atoms with Crippen molar-refractivity contribution in [2.75, 3.05) is 12.4 Å². The molecule has 0 saturated carbocycles. The maximum Gasteiger partial charge on any atom is 0.172 e. The fourth-order valence-corrected chi connectivity index (χ4v) is 2.95. The minimum Gasteiger partial charge on any atom is -0.503 e. The van der Waals surface area contributed by atoms with E-state index in [0.717, 1.165) is 20.2 Å². The molecule has 106 valence electrons. The van der Waals surface area contributed by atoms with Crippen LogP contribution in [-0.4, -0.2) is 12.2 Å². The first-order chi connectivity index (χ1) is 9.51. The number of rotatable bonds is 4. The fourth-order valence-electron chi connectivity index (χ4n) is 1.72. The molecule has 0 aliphatic carbocycles. The van der Waals surface area contributed by atoms with Gasteiger partial charge in [-0.05, 0) is 67.8 Å². The van der Waals surface area contributed by atoms with Crippen molar-refractivity contribution >= 4 is 53.5 Å². The van der Waals surface area contributed by atoms with E-state index in [4.69, 9.17) is 4.74 Å². The van der Waals surface area contributed by atoms with Crippen molar-refractivity contribution < 1.29 is 9.84 Å². The van der Waals surface area contributed by atoms with Crippen molar-refractivity contribution in [3.8, 4) is 11.5 Å². The Labute approximate surface area is 142 Å². The summed E-state index contributed by atoms with van der Waals surface area (Å²) in [6.07, 6.45) is 0. The van der Waals surface area contributed by atoms with Crippen molar-refractivity contribution in [1.82, 2.24) is 0 Å². The lowest BCUT2D eigenvalue weighted by Gasteiger charge is -2.12. The Balaban J connectivity index is 2.19. The van der Waals surface area contributed by atoms with Crippen molar-refractivity contribution in [1.29, 1.82) is 0 Å². The van der Waals surface area contributed by atoms with Gasteiger partial charge in [0.25, 0.3) is 0 Å². The molecule has 0 spiro atoms. The third-order valence-corrected chi connectivity index (χ3v) is 4.51. The molecule has 2 aromatic carbocycles. The van der Waals surface area contributed by atoms with Gasteiger partial charge in [-0.3, -0.25) is 0 Å². The lowest BCUT2D eigenvalue weighted by molar-refractivity contribution is 0.371. The summed E-state index contributed by atoms with van der Waals surface area (Å²) < 4.78 is 7.75. The van der Waals surface area contributed by atoms with Crippen LogP contribution in [0.4, 0.5) is 5.69 Å². The smallest absolute Gasteiger partial charge is 0.172 e. The third kappa shape index (κ3) is 3.68. The zero-order valence-electron chi connectivity index (χ0n) is 10.6. The molecular weight excluding hydrogens is 454 g/mol. The van der Waals surface area contributed by atoms with E-state index < -0.39 is 0 Å². The van der Waals surface area contributed by atoms with Crippen LogP contribution in [0.25, 0.3) is 0 Å². The van der Waals surface area contributed by atoms with Gasteiger partial charge in [-0.25, -0.2) is 0 Å². The van der Waals surface area contributed by atoms with Crippen LogP contribution in [-0.2, 0) is 6.54 Å². The SMILES string of the molecule is COc1cc(CNc2cc(Br)ccc2Br)cc(Br)c1O. The number of ether oxygens (including phenoxy) is 1. The minimum absolute atomic E-state index is 0.111. The van der Waals surface area contributed by atoms with Gasteiger partial charge in [0.1, 0.15) is 0 Å². The van der Waals surface area contributed by atoms with E-state index in [1.165, 1.54) is 7.11 Å². The molecule has 0 radical (unpaired) electrons. The molecule has 0 fully saturated rings. The van der Waals surface area contributed by atoms with E-state index in [1.54, 1.807) is 6.07 Å². The highest BCUT2D eigenvalue weighted by Crippen LogP contribution is 2.35. The number of phenolic OH excluding ortho intramolecular Hbond substituents is 1. The molecule has 0 saturated heterocycles. The molecule has 0 bridgehead atoms. The summed E-state index contributed by atoms with van der Waals surface area (Å²) >= 11 is 10.3. The van der Waals surface area contributed by atoms with Crippen molar-refractivity contribution in [3.63, 3.8) is 0 Å². The maximum absolute atomic E-state index is 9.78. The first-order valence-corrected chi connectivity index (χ1v) is 8.13. The molecule has 2 rings (SSSR count). The number of halogens is 3. The second kappa shape index (κ2) is 6.83. The number of hydrogen-bond donors (Lipinski definition) is 2. The van der Waals surface area contributed by atoms with Gasteiger partial charge in [0.05, 0.1) is 11.6 Å². The number of nitrogens with one attached hydrogen (secondary N) is 1. The average Bonchev–Trinajstić information content (AvgIpc) is 2.43. The molecular formula is C14H12Br3NO2. The molecule has 6 heteroatoms. The standard InChI is InChI=1S/C14H12Br3NO2/c1-20-13-5-8(4-11(17)14(13)19)7-18-12-6-9(15)2-3-10(12)16/h2-6,18-19H,7H2,1H3. The third-order valence-electron chi connectivity index (χ3n) is 2.72. The molecule has 3 nitrogen and oxygen atoms in total. The summed E-state index contributed by atoms with van der Waals surface area (Å²) in [5.74, 6) is 0.560. The van der Waals surface area contributed by atoms with E-state index in [-0.39, 0.29) is 5.75 Å². The molecule has 0 unspecified atom stereocenters. The van der Waals surface area contributed by atoms with Crippen LogP contribution in [0.2, 0.25) is 0 Å². The van der Waals surface area contributed by atoms with E-state index in [2.05, 4.69) is 53.1 Å². The topological polar surface area (TPSA) is 41.5 Å². The molecule has 2 N–H and O–H groups in total. The van der Waals surface area contributed by atoms with Crippen LogP contribution >= 0.6 is 47.8 Å². The molecule has 0 aliphatic heterocycles. The minimum atomic E-state index is 0.111. The molecule has 0 amide bonds. The Bertz CT molecular complexity index is 632. The summed E-state index contributed by atoms with van der Waals surface area (Å²) in [6.45, 7) is 0.615. The number of hydrogen-bond acceptors (Lipinski definition) is 3. The lowest BCUT2D eigenvalue weighted by atomic mass is 10.2. The van der Waals surface area contributed by atoms with Gasteiger partial charge in [-0.1, -0.05) is 15.9 Å². The lowest BCUT2D eigenvalue weighted by Crippen LogP contribution is -2.01. The molecule has 2 aromatic rings. The van der Waals surface area contributed by atoms with Crippen LogP contribution in [0.15, 0.2) is 43.7 Å². The van der Waals surface area contributed by atoms with Crippen LogP contribution in [0, 0.1) is 0 Å². The summed E-state index contributed by atoms with van der Waals surface area (Å²) in [5.41, 5.74) is 1.99. The highest BCUT2D eigenvalue weighted by Gasteiger charge is 2.09. The molecule has 0 atom stereocenters. The van der Waals surface area contributed by atoms with Crippen LogP contribution in [0.5, 0.6) is 11.5 Å². The van der Waals surface area contributed by atoms with Gasteiger partial charge in [0.15, 0.2) is 11.5 Å². The predicted molar refractivity (Wildman–Crippen MR) is 91.5 cm³/mol. The highest BCUT2D eigenvalue weighted by molar-refractivity contribution is 9.11. The first kappa shape index (κ1) is 15.7. The quantitative estimate of drug-likeness (QED) is 0.643. The molecule has 0 aliphatic rings. The zero-order chi connectivity index (χ0) is 14.7. The maximum atomic E-state index is 9.78. The monoisotopic (exact) mass is 463 g/mol. The molecule has 20 heavy (non-hydrogen) atoms. The van der Waals surface area contributed by atoms with E-state index in [1.807, 2.05) is 24.3 Å². The van der Waals surface area contributed by atoms with Crippen LogP contribution in [0.1, 0.15) is 5.56 Å². The summed E-state index contributed by atoms with van der Waals surface area (Å²) in [5, 5.41) is 13.1. The summed E-state index contributed by atoms with van der Waals surface area (Å²) in [4.78, 5) is 0. The van der Waals surface area contributed by atoms with E-state index in [0.29, 0.717) is 16.8 Å². The fraction of sp³-hybridized carbons (Fsp3) is 0.143. The molecule has 0 aromatic heterocycles.